The minimum absolute atomic E-state index is 0.0497. The molecule has 106 valence electrons. The van der Waals surface area contributed by atoms with E-state index in [0.29, 0.717) is 17.0 Å². The van der Waals surface area contributed by atoms with Crippen LogP contribution in [0.25, 0.3) is 10.9 Å². The van der Waals surface area contributed by atoms with E-state index in [9.17, 15) is 18.3 Å². The topological polar surface area (TPSA) is 60.7 Å². The van der Waals surface area contributed by atoms with Crippen molar-refractivity contribution in [3.8, 4) is 5.88 Å². The van der Waals surface area contributed by atoms with Crippen LogP contribution >= 0.6 is 0 Å². The quantitative estimate of drug-likeness (QED) is 0.660. The van der Waals surface area contributed by atoms with E-state index in [1.54, 1.807) is 0 Å². The molecule has 1 heterocycles. The molecule has 1 aromatic heterocycles. The molecule has 0 saturated heterocycles. The van der Waals surface area contributed by atoms with Gasteiger partial charge in [-0.05, 0) is 30.3 Å². The number of benzene rings is 2. The van der Waals surface area contributed by atoms with Gasteiger partial charge in [-0.1, -0.05) is 0 Å². The lowest BCUT2D eigenvalue weighted by Crippen LogP contribution is -1.78. The summed E-state index contributed by atoms with van der Waals surface area (Å²) < 4.78 is 39.3. The van der Waals surface area contributed by atoms with E-state index >= 15 is 0 Å². The average Bonchev–Trinajstić information content (AvgIpc) is 2.72. The maximum atomic E-state index is 13.4. The third-order valence-corrected chi connectivity index (χ3v) is 2.88. The summed E-state index contributed by atoms with van der Waals surface area (Å²) in [5.74, 6) is -2.39. The molecule has 0 aliphatic carbocycles. The van der Waals surface area contributed by atoms with E-state index in [1.807, 2.05) is 0 Å². The van der Waals surface area contributed by atoms with Crippen LogP contribution in [0.1, 0.15) is 0 Å². The molecule has 0 saturated carbocycles. The van der Waals surface area contributed by atoms with Gasteiger partial charge < -0.3 is 10.1 Å². The maximum Gasteiger partial charge on any atom is 0.218 e. The molecule has 21 heavy (non-hydrogen) atoms. The molecule has 4 nitrogen and oxygen atoms in total. The molecule has 2 aromatic carbocycles. The van der Waals surface area contributed by atoms with Gasteiger partial charge >= 0.3 is 0 Å². The number of nitrogens with one attached hydrogen (secondary N) is 1. The van der Waals surface area contributed by atoms with Crippen LogP contribution in [0.2, 0.25) is 0 Å². The van der Waals surface area contributed by atoms with E-state index in [-0.39, 0.29) is 17.3 Å². The van der Waals surface area contributed by atoms with Gasteiger partial charge in [0, 0.05) is 11.5 Å². The predicted octanol–water partition coefficient (Wildman–Crippen LogP) is 4.71. The van der Waals surface area contributed by atoms with Crippen molar-refractivity contribution in [1.82, 2.24) is 4.98 Å². The highest BCUT2D eigenvalue weighted by atomic mass is 19.1. The molecular formula is C14H8F3N3O. The number of azo groups is 1. The number of aromatic hydroxyl groups is 1. The van der Waals surface area contributed by atoms with Crippen molar-refractivity contribution < 1.29 is 18.3 Å². The molecule has 0 radical (unpaired) electrons. The number of halogens is 3. The molecule has 0 atom stereocenters. The van der Waals surface area contributed by atoms with Gasteiger partial charge in [0.25, 0.3) is 0 Å². The predicted molar refractivity (Wildman–Crippen MR) is 70.5 cm³/mol. The molecule has 0 fully saturated rings. The van der Waals surface area contributed by atoms with E-state index in [4.69, 9.17) is 0 Å². The lowest BCUT2D eigenvalue weighted by atomic mass is 10.2. The molecule has 0 bridgehead atoms. The number of hydrogen-bond acceptors (Lipinski definition) is 3. The summed E-state index contributed by atoms with van der Waals surface area (Å²) in [4.78, 5) is 2.54. The molecule has 0 unspecified atom stereocenters. The molecule has 3 rings (SSSR count). The number of nitrogens with zero attached hydrogens (tertiary/aromatic N) is 2. The summed E-state index contributed by atoms with van der Waals surface area (Å²) in [6.45, 7) is 0. The number of rotatable bonds is 2. The minimum atomic E-state index is -0.871. The smallest absolute Gasteiger partial charge is 0.218 e. The zero-order chi connectivity index (χ0) is 15.0. The Kier molecular flexibility index (Phi) is 3.09. The van der Waals surface area contributed by atoms with E-state index in [1.165, 1.54) is 18.2 Å². The van der Waals surface area contributed by atoms with Gasteiger partial charge in [0.05, 0.1) is 5.52 Å². The highest BCUT2D eigenvalue weighted by Crippen LogP contribution is 2.36. The fourth-order valence-electron chi connectivity index (χ4n) is 1.91. The Balaban J connectivity index is 2.05. The number of aromatic nitrogens is 1. The van der Waals surface area contributed by atoms with Crippen LogP contribution in [0.15, 0.2) is 46.6 Å². The first-order valence-electron chi connectivity index (χ1n) is 5.91. The Bertz CT molecular complexity index is 858. The van der Waals surface area contributed by atoms with Crippen molar-refractivity contribution in [2.45, 2.75) is 0 Å². The van der Waals surface area contributed by atoms with Crippen molar-refractivity contribution in [3.63, 3.8) is 0 Å². The summed E-state index contributed by atoms with van der Waals surface area (Å²) in [7, 11) is 0. The molecule has 0 aliphatic heterocycles. The normalized spacial score (nSPS) is 11.6. The van der Waals surface area contributed by atoms with Crippen LogP contribution in [0, 0.1) is 17.5 Å². The number of hydrogen-bond donors (Lipinski definition) is 2. The first-order chi connectivity index (χ1) is 10.0. The highest BCUT2D eigenvalue weighted by Gasteiger charge is 2.11. The SMILES string of the molecule is Oc1[nH]c2cc(F)ccc2c1N=Nc1ccc(F)cc1F. The van der Waals surface area contributed by atoms with Gasteiger partial charge in [0.2, 0.25) is 5.88 Å². The van der Waals surface area contributed by atoms with Gasteiger partial charge in [0.1, 0.15) is 17.3 Å². The van der Waals surface area contributed by atoms with Crippen LogP contribution in [0.4, 0.5) is 24.5 Å². The summed E-state index contributed by atoms with van der Waals surface area (Å²) in [5.41, 5.74) is 0.210. The van der Waals surface area contributed by atoms with Crippen LogP contribution < -0.4 is 0 Å². The second-order valence-electron chi connectivity index (χ2n) is 4.31. The van der Waals surface area contributed by atoms with Crippen molar-refractivity contribution in [2.75, 3.05) is 0 Å². The third-order valence-electron chi connectivity index (χ3n) is 2.88. The van der Waals surface area contributed by atoms with Gasteiger partial charge in [-0.15, -0.1) is 10.2 Å². The zero-order valence-electron chi connectivity index (χ0n) is 10.4. The number of fused-ring (bicyclic) bond motifs is 1. The van der Waals surface area contributed by atoms with Crippen LogP contribution in [-0.4, -0.2) is 10.1 Å². The van der Waals surface area contributed by atoms with Crippen molar-refractivity contribution in [1.29, 1.82) is 0 Å². The fraction of sp³-hybridized carbons (Fsp3) is 0. The number of aromatic amines is 1. The van der Waals surface area contributed by atoms with Gasteiger partial charge in [-0.2, -0.15) is 0 Å². The summed E-state index contributed by atoms with van der Waals surface area (Å²) in [5, 5.41) is 17.5. The monoisotopic (exact) mass is 291 g/mol. The standard InChI is InChI=1S/C14H8F3N3O/c15-7-2-4-11(10(17)5-7)19-20-13-9-3-1-8(16)6-12(9)18-14(13)21/h1-6,18,21H. The maximum absolute atomic E-state index is 13.4. The average molecular weight is 291 g/mol. The lowest BCUT2D eigenvalue weighted by molar-refractivity contribution is 0.459. The molecule has 7 heteroatoms. The molecule has 0 spiro atoms. The first kappa shape index (κ1) is 13.2. The number of H-pyrrole nitrogens is 1. The Morgan fingerprint density at radius 1 is 0.905 bits per heavy atom. The van der Waals surface area contributed by atoms with Crippen molar-refractivity contribution in [2.24, 2.45) is 10.2 Å². The summed E-state index contributed by atoms with van der Waals surface area (Å²) in [6, 6.07) is 6.65. The van der Waals surface area contributed by atoms with Gasteiger partial charge in [-0.3, -0.25) is 0 Å². The summed E-state index contributed by atoms with van der Waals surface area (Å²) in [6.07, 6.45) is 0. The molecular weight excluding hydrogens is 283 g/mol. The molecule has 2 N–H and O–H groups in total. The van der Waals surface area contributed by atoms with Crippen LogP contribution in [0.5, 0.6) is 5.88 Å². The lowest BCUT2D eigenvalue weighted by Gasteiger charge is -1.96. The van der Waals surface area contributed by atoms with E-state index < -0.39 is 17.5 Å². The Morgan fingerprint density at radius 3 is 2.38 bits per heavy atom. The third kappa shape index (κ3) is 2.45. The molecule has 0 aliphatic rings. The highest BCUT2D eigenvalue weighted by molar-refractivity contribution is 5.94. The second-order valence-corrected chi connectivity index (χ2v) is 4.31. The Morgan fingerprint density at radius 2 is 1.62 bits per heavy atom. The summed E-state index contributed by atoms with van der Waals surface area (Å²) >= 11 is 0. The fourth-order valence-corrected chi connectivity index (χ4v) is 1.91. The van der Waals surface area contributed by atoms with Gasteiger partial charge in [0.15, 0.2) is 11.5 Å². The van der Waals surface area contributed by atoms with Crippen LogP contribution in [-0.2, 0) is 0 Å². The minimum Gasteiger partial charge on any atom is -0.493 e. The van der Waals surface area contributed by atoms with Crippen LogP contribution in [0.3, 0.4) is 0 Å². The van der Waals surface area contributed by atoms with E-state index in [2.05, 4.69) is 15.2 Å². The van der Waals surface area contributed by atoms with E-state index in [0.717, 1.165) is 12.1 Å². The zero-order valence-corrected chi connectivity index (χ0v) is 10.4. The Hall–Kier alpha value is -2.83. The Labute approximate surface area is 116 Å². The second kappa shape index (κ2) is 4.93. The molecule has 0 amide bonds. The van der Waals surface area contributed by atoms with Crippen molar-refractivity contribution in [3.05, 3.63) is 53.8 Å². The first-order valence-corrected chi connectivity index (χ1v) is 5.91. The van der Waals surface area contributed by atoms with Crippen molar-refractivity contribution >= 4 is 22.3 Å². The largest absolute Gasteiger partial charge is 0.493 e. The van der Waals surface area contributed by atoms with Gasteiger partial charge in [-0.25, -0.2) is 13.2 Å². The molecule has 3 aromatic rings.